The molecule has 0 saturated heterocycles. The highest BCUT2D eigenvalue weighted by molar-refractivity contribution is 5.78. The third-order valence-corrected chi connectivity index (χ3v) is 3.77. The van der Waals surface area contributed by atoms with Crippen LogP contribution in [0.25, 0.3) is 0 Å². The Morgan fingerprint density at radius 1 is 1.38 bits per heavy atom. The van der Waals surface area contributed by atoms with E-state index >= 15 is 0 Å². The lowest BCUT2D eigenvalue weighted by molar-refractivity contribution is 0.487. The van der Waals surface area contributed by atoms with Gasteiger partial charge in [0.1, 0.15) is 0 Å². The fraction of sp³-hybridized carbons (Fsp3) is 0.375. The first-order valence-corrected chi connectivity index (χ1v) is 7.30. The summed E-state index contributed by atoms with van der Waals surface area (Å²) in [4.78, 5) is 6.57. The van der Waals surface area contributed by atoms with Gasteiger partial charge in [-0.1, -0.05) is 24.3 Å². The van der Waals surface area contributed by atoms with Crippen molar-refractivity contribution in [2.45, 2.75) is 32.0 Å². The average molecular weight is 283 g/mol. The zero-order valence-corrected chi connectivity index (χ0v) is 12.3. The summed E-state index contributed by atoms with van der Waals surface area (Å²) in [6, 6.07) is 10.9. The minimum Gasteiger partial charge on any atom is -0.370 e. The molecule has 110 valence electrons. The highest BCUT2D eigenvalue weighted by Crippen LogP contribution is 2.24. The third kappa shape index (κ3) is 3.62. The van der Waals surface area contributed by atoms with E-state index in [9.17, 15) is 0 Å². The van der Waals surface area contributed by atoms with Crippen molar-refractivity contribution >= 4 is 5.96 Å². The van der Waals surface area contributed by atoms with E-state index in [4.69, 9.17) is 5.73 Å². The highest BCUT2D eigenvalue weighted by Gasteiger charge is 2.27. The molecule has 3 rings (SSSR count). The predicted octanol–water partition coefficient (Wildman–Crippen LogP) is 1.84. The molecular weight excluding hydrogens is 262 g/mol. The largest absolute Gasteiger partial charge is 0.370 e. The molecule has 5 nitrogen and oxygen atoms in total. The smallest absolute Gasteiger partial charge is 0.191 e. The molecule has 0 atom stereocenters. The number of guanidine groups is 1. The quantitative estimate of drug-likeness (QED) is 0.673. The van der Waals surface area contributed by atoms with Gasteiger partial charge < -0.3 is 10.6 Å². The average Bonchev–Trinajstić information content (AvgIpc) is 3.23. The van der Waals surface area contributed by atoms with Crippen LogP contribution in [-0.2, 0) is 13.1 Å². The number of rotatable bonds is 5. The summed E-state index contributed by atoms with van der Waals surface area (Å²) in [7, 11) is 2.02. The minimum atomic E-state index is 0.597. The van der Waals surface area contributed by atoms with E-state index in [0.29, 0.717) is 18.5 Å². The van der Waals surface area contributed by atoms with E-state index in [0.717, 1.165) is 6.54 Å². The van der Waals surface area contributed by atoms with Gasteiger partial charge in [0, 0.05) is 25.5 Å². The molecular formula is C16H21N5. The Morgan fingerprint density at radius 2 is 2.19 bits per heavy atom. The molecule has 0 radical (unpaired) electrons. The van der Waals surface area contributed by atoms with Crippen LogP contribution in [0, 0.1) is 0 Å². The van der Waals surface area contributed by atoms with Crippen LogP contribution in [0.4, 0.5) is 0 Å². The Kier molecular flexibility index (Phi) is 3.90. The first-order valence-electron chi connectivity index (χ1n) is 7.30. The molecule has 1 saturated carbocycles. The van der Waals surface area contributed by atoms with E-state index in [1.807, 2.05) is 24.0 Å². The molecule has 0 amide bonds. The topological polar surface area (TPSA) is 59.4 Å². The van der Waals surface area contributed by atoms with Crippen LogP contribution in [-0.4, -0.2) is 33.7 Å². The van der Waals surface area contributed by atoms with Gasteiger partial charge in [-0.25, -0.2) is 4.99 Å². The van der Waals surface area contributed by atoms with Crippen molar-refractivity contribution < 1.29 is 0 Å². The molecule has 0 unspecified atom stereocenters. The van der Waals surface area contributed by atoms with Gasteiger partial charge in [-0.15, -0.1) is 0 Å². The molecule has 1 aliphatic rings. The number of benzene rings is 1. The zero-order chi connectivity index (χ0) is 14.7. The predicted molar refractivity (Wildman–Crippen MR) is 83.9 cm³/mol. The third-order valence-electron chi connectivity index (χ3n) is 3.77. The summed E-state index contributed by atoms with van der Waals surface area (Å²) in [5, 5.41) is 4.23. The van der Waals surface area contributed by atoms with Crippen LogP contribution in [0.3, 0.4) is 0 Å². The summed E-state index contributed by atoms with van der Waals surface area (Å²) < 4.78 is 1.91. The summed E-state index contributed by atoms with van der Waals surface area (Å²) in [5.74, 6) is 0.634. The molecule has 0 spiro atoms. The second-order valence-electron chi connectivity index (χ2n) is 5.54. The first kappa shape index (κ1) is 13.7. The van der Waals surface area contributed by atoms with Gasteiger partial charge in [0.15, 0.2) is 5.96 Å². The highest BCUT2D eigenvalue weighted by atomic mass is 15.3. The molecule has 2 N–H and O–H groups in total. The van der Waals surface area contributed by atoms with Crippen molar-refractivity contribution in [1.82, 2.24) is 14.7 Å². The molecule has 2 aromatic rings. The Hall–Kier alpha value is -2.30. The Morgan fingerprint density at radius 3 is 2.90 bits per heavy atom. The summed E-state index contributed by atoms with van der Waals surface area (Å²) in [5.41, 5.74) is 8.41. The van der Waals surface area contributed by atoms with E-state index in [2.05, 4.69) is 39.3 Å². The van der Waals surface area contributed by atoms with E-state index in [1.54, 1.807) is 6.20 Å². The molecule has 1 aromatic carbocycles. The minimum absolute atomic E-state index is 0.597. The van der Waals surface area contributed by atoms with Gasteiger partial charge in [0.25, 0.3) is 0 Å². The van der Waals surface area contributed by atoms with Crippen LogP contribution in [0.2, 0.25) is 0 Å². The summed E-state index contributed by atoms with van der Waals surface area (Å²) >= 11 is 0. The van der Waals surface area contributed by atoms with Crippen LogP contribution in [0.15, 0.2) is 47.7 Å². The lowest BCUT2D eigenvalue weighted by Crippen LogP contribution is -2.35. The number of nitrogens with two attached hydrogens (primary N) is 1. The SMILES string of the molecule is CN(C(N)=NCc1cccc(Cn2cccn2)c1)C1CC1. The molecule has 5 heteroatoms. The van der Waals surface area contributed by atoms with Crippen LogP contribution in [0.5, 0.6) is 0 Å². The van der Waals surface area contributed by atoms with E-state index < -0.39 is 0 Å². The molecule has 1 heterocycles. The van der Waals surface area contributed by atoms with Gasteiger partial charge in [0.05, 0.1) is 13.1 Å². The number of nitrogens with zero attached hydrogens (tertiary/aromatic N) is 4. The van der Waals surface area contributed by atoms with Gasteiger partial charge in [0.2, 0.25) is 0 Å². The molecule has 1 fully saturated rings. The summed E-state index contributed by atoms with van der Waals surface area (Å²) in [6.07, 6.45) is 6.22. The van der Waals surface area contributed by atoms with Gasteiger partial charge in [-0.3, -0.25) is 4.68 Å². The van der Waals surface area contributed by atoms with Crippen molar-refractivity contribution in [3.63, 3.8) is 0 Å². The van der Waals surface area contributed by atoms with Crippen molar-refractivity contribution in [2.75, 3.05) is 7.05 Å². The molecule has 0 bridgehead atoms. The first-order chi connectivity index (χ1) is 10.2. The van der Waals surface area contributed by atoms with Gasteiger partial charge in [-0.2, -0.15) is 5.10 Å². The maximum atomic E-state index is 6.02. The summed E-state index contributed by atoms with van der Waals surface area (Å²) in [6.45, 7) is 1.40. The molecule has 1 aliphatic carbocycles. The maximum absolute atomic E-state index is 6.02. The molecule has 1 aromatic heterocycles. The van der Waals surface area contributed by atoms with Crippen LogP contribution < -0.4 is 5.73 Å². The number of aliphatic imine (C=N–C) groups is 1. The maximum Gasteiger partial charge on any atom is 0.191 e. The second-order valence-corrected chi connectivity index (χ2v) is 5.54. The Bertz CT molecular complexity index is 613. The van der Waals surface area contributed by atoms with Gasteiger partial charge >= 0.3 is 0 Å². The Labute approximate surface area is 125 Å². The monoisotopic (exact) mass is 283 g/mol. The lowest BCUT2D eigenvalue weighted by atomic mass is 10.1. The molecule has 0 aliphatic heterocycles. The number of hydrogen-bond donors (Lipinski definition) is 1. The van der Waals surface area contributed by atoms with Crippen molar-refractivity contribution in [3.05, 3.63) is 53.9 Å². The van der Waals surface area contributed by atoms with Crippen LogP contribution in [0.1, 0.15) is 24.0 Å². The zero-order valence-electron chi connectivity index (χ0n) is 12.3. The Balaban J connectivity index is 1.64. The number of aromatic nitrogens is 2. The van der Waals surface area contributed by atoms with Crippen molar-refractivity contribution in [2.24, 2.45) is 10.7 Å². The van der Waals surface area contributed by atoms with Crippen molar-refractivity contribution in [1.29, 1.82) is 0 Å². The number of hydrogen-bond acceptors (Lipinski definition) is 2. The normalized spacial score (nSPS) is 15.2. The van der Waals surface area contributed by atoms with Crippen LogP contribution >= 0.6 is 0 Å². The standard InChI is InChI=1S/C16H21N5/c1-20(15-6-7-15)16(17)18-11-13-4-2-5-14(10-13)12-21-9-3-8-19-21/h2-5,8-10,15H,6-7,11-12H2,1H3,(H2,17,18). The van der Waals surface area contributed by atoms with E-state index in [1.165, 1.54) is 24.0 Å². The van der Waals surface area contributed by atoms with Gasteiger partial charge in [-0.05, 0) is 30.0 Å². The van der Waals surface area contributed by atoms with Crippen molar-refractivity contribution in [3.8, 4) is 0 Å². The fourth-order valence-electron chi connectivity index (χ4n) is 2.34. The molecule has 21 heavy (non-hydrogen) atoms. The van der Waals surface area contributed by atoms with E-state index in [-0.39, 0.29) is 0 Å². The second kappa shape index (κ2) is 5.99. The lowest BCUT2D eigenvalue weighted by Gasteiger charge is -2.16. The fourth-order valence-corrected chi connectivity index (χ4v) is 2.34.